The van der Waals surface area contributed by atoms with E-state index in [1.165, 1.54) is 6.33 Å². The number of benzene rings is 1. The number of carbonyl (C=O) groups is 1. The Morgan fingerprint density at radius 3 is 2.43 bits per heavy atom. The van der Waals surface area contributed by atoms with Crippen molar-refractivity contribution in [2.75, 3.05) is 13.1 Å². The maximum absolute atomic E-state index is 13.0. The number of aliphatic hydroxyl groups is 1. The largest absolute Gasteiger partial charge is 0.393 e. The number of carbonyl (C=O) groups excluding carboxylic acids is 1. The van der Waals surface area contributed by atoms with Crippen molar-refractivity contribution in [1.29, 1.82) is 0 Å². The molecule has 2 saturated heterocycles. The third-order valence-corrected chi connectivity index (χ3v) is 6.06. The highest BCUT2D eigenvalue weighted by Gasteiger charge is 2.44. The minimum Gasteiger partial charge on any atom is -0.393 e. The number of amides is 1. The van der Waals surface area contributed by atoms with Gasteiger partial charge < -0.3 is 14.7 Å². The van der Waals surface area contributed by atoms with Crippen LogP contribution in [-0.2, 0) is 4.74 Å². The quantitative estimate of drug-likeness (QED) is 0.866. The van der Waals surface area contributed by atoms with Gasteiger partial charge in [-0.05, 0) is 32.3 Å². The molecule has 6 nitrogen and oxygen atoms in total. The molecule has 1 amide bonds. The van der Waals surface area contributed by atoms with E-state index in [-0.39, 0.29) is 23.7 Å². The number of ether oxygens (including phenoxy) is 1. The molecule has 2 fully saturated rings. The van der Waals surface area contributed by atoms with Crippen LogP contribution in [-0.4, -0.2) is 50.7 Å². The average molecular weight is 381 g/mol. The Kier molecular flexibility index (Phi) is 5.17. The Labute approximate surface area is 165 Å². The van der Waals surface area contributed by atoms with Gasteiger partial charge in [-0.25, -0.2) is 9.97 Å². The first-order chi connectivity index (χ1) is 13.5. The first kappa shape index (κ1) is 19.0. The van der Waals surface area contributed by atoms with Crippen LogP contribution in [0.25, 0.3) is 0 Å². The fourth-order valence-corrected chi connectivity index (χ4v) is 4.53. The van der Waals surface area contributed by atoms with Crippen LogP contribution in [0.4, 0.5) is 0 Å². The maximum atomic E-state index is 13.0. The van der Waals surface area contributed by atoms with Gasteiger partial charge in [0.25, 0.3) is 5.91 Å². The van der Waals surface area contributed by atoms with E-state index in [0.29, 0.717) is 42.9 Å². The number of hydrogen-bond donors (Lipinski definition) is 1. The second kappa shape index (κ2) is 7.60. The molecule has 2 atom stereocenters. The molecule has 0 radical (unpaired) electrons. The van der Waals surface area contributed by atoms with E-state index in [1.54, 1.807) is 0 Å². The van der Waals surface area contributed by atoms with Gasteiger partial charge in [0.2, 0.25) is 0 Å². The normalized spacial score (nSPS) is 24.3. The Morgan fingerprint density at radius 2 is 1.79 bits per heavy atom. The summed E-state index contributed by atoms with van der Waals surface area (Å²) in [7, 11) is 0. The van der Waals surface area contributed by atoms with Gasteiger partial charge in [-0.1, -0.05) is 30.3 Å². The summed E-state index contributed by atoms with van der Waals surface area (Å²) >= 11 is 0. The number of aromatic nitrogens is 2. The number of hydrogen-bond acceptors (Lipinski definition) is 5. The Hall–Kier alpha value is -2.31. The summed E-state index contributed by atoms with van der Waals surface area (Å²) in [6, 6.07) is 10.1. The predicted molar refractivity (Wildman–Crippen MR) is 105 cm³/mol. The zero-order valence-electron chi connectivity index (χ0n) is 16.5. The SMILES string of the molecule is Cc1ncnc(C)c1C(=O)N1CCC2(CC1)C[C@@H](O)C[C@H](c1ccccc1)O2. The molecule has 0 bridgehead atoms. The highest BCUT2D eigenvalue weighted by molar-refractivity contribution is 5.96. The van der Waals surface area contributed by atoms with Crippen LogP contribution in [0.2, 0.25) is 0 Å². The molecular formula is C22H27N3O3. The van der Waals surface area contributed by atoms with Crippen molar-refractivity contribution in [3.63, 3.8) is 0 Å². The lowest BCUT2D eigenvalue weighted by molar-refractivity contribution is -0.181. The highest BCUT2D eigenvalue weighted by atomic mass is 16.5. The van der Waals surface area contributed by atoms with E-state index < -0.39 is 0 Å². The highest BCUT2D eigenvalue weighted by Crippen LogP contribution is 2.43. The fraction of sp³-hybridized carbons (Fsp3) is 0.500. The summed E-state index contributed by atoms with van der Waals surface area (Å²) in [6.45, 7) is 4.92. The van der Waals surface area contributed by atoms with Crippen LogP contribution in [0, 0.1) is 13.8 Å². The van der Waals surface area contributed by atoms with Gasteiger partial charge in [-0.15, -0.1) is 0 Å². The number of aliphatic hydroxyl groups excluding tert-OH is 1. The lowest BCUT2D eigenvalue weighted by Gasteiger charge is -2.48. The molecule has 148 valence electrons. The van der Waals surface area contributed by atoms with E-state index in [1.807, 2.05) is 36.9 Å². The van der Waals surface area contributed by atoms with Gasteiger partial charge in [0.05, 0.1) is 34.8 Å². The molecule has 28 heavy (non-hydrogen) atoms. The monoisotopic (exact) mass is 381 g/mol. The van der Waals surface area contributed by atoms with Gasteiger partial charge in [0.15, 0.2) is 0 Å². The Morgan fingerprint density at radius 1 is 1.14 bits per heavy atom. The summed E-state index contributed by atoms with van der Waals surface area (Å²) in [5.74, 6) is -0.0126. The molecule has 0 saturated carbocycles. The van der Waals surface area contributed by atoms with Crippen LogP contribution in [0.1, 0.15) is 59.1 Å². The molecule has 1 aromatic carbocycles. The molecule has 2 aromatic rings. The van der Waals surface area contributed by atoms with E-state index >= 15 is 0 Å². The fourth-order valence-electron chi connectivity index (χ4n) is 4.53. The van der Waals surface area contributed by atoms with Gasteiger partial charge in [-0.2, -0.15) is 0 Å². The van der Waals surface area contributed by atoms with Crippen molar-refractivity contribution in [2.24, 2.45) is 0 Å². The van der Waals surface area contributed by atoms with E-state index in [0.717, 1.165) is 18.4 Å². The van der Waals surface area contributed by atoms with Crippen LogP contribution in [0.3, 0.4) is 0 Å². The minimum absolute atomic E-state index is 0.0126. The third kappa shape index (κ3) is 3.66. The van der Waals surface area contributed by atoms with Gasteiger partial charge in [-0.3, -0.25) is 4.79 Å². The number of piperidine rings is 1. The Balaban J connectivity index is 1.47. The molecule has 2 aliphatic rings. The van der Waals surface area contributed by atoms with Crippen molar-refractivity contribution in [1.82, 2.24) is 14.9 Å². The first-order valence-corrected chi connectivity index (χ1v) is 9.96. The van der Waals surface area contributed by atoms with Crippen molar-refractivity contribution in [3.05, 3.63) is 59.2 Å². The average Bonchev–Trinajstić information content (AvgIpc) is 2.68. The van der Waals surface area contributed by atoms with Gasteiger partial charge in [0.1, 0.15) is 6.33 Å². The lowest BCUT2D eigenvalue weighted by atomic mass is 9.80. The van der Waals surface area contributed by atoms with Gasteiger partial charge in [0, 0.05) is 25.9 Å². The van der Waals surface area contributed by atoms with Gasteiger partial charge >= 0.3 is 0 Å². The van der Waals surface area contributed by atoms with Crippen LogP contribution in [0.15, 0.2) is 36.7 Å². The number of rotatable bonds is 2. The number of likely N-dealkylation sites (tertiary alicyclic amines) is 1. The predicted octanol–water partition coefficient (Wildman–Crippen LogP) is 2.98. The Bertz CT molecular complexity index is 827. The topological polar surface area (TPSA) is 75.6 Å². The molecule has 1 aromatic heterocycles. The van der Waals surface area contributed by atoms with Crippen LogP contribution >= 0.6 is 0 Å². The van der Waals surface area contributed by atoms with Crippen molar-refractivity contribution in [3.8, 4) is 0 Å². The summed E-state index contributed by atoms with van der Waals surface area (Å²) in [6.07, 6.45) is 3.72. The van der Waals surface area contributed by atoms with E-state index in [9.17, 15) is 9.90 Å². The number of aryl methyl sites for hydroxylation is 2. The standard InChI is InChI=1S/C22H27N3O3/c1-15-20(16(2)24-14-23-15)21(27)25-10-8-22(9-11-25)13-18(26)12-19(28-22)17-6-4-3-5-7-17/h3-7,14,18-19,26H,8-13H2,1-2H3/t18-,19+/m0/s1. The molecule has 6 heteroatoms. The summed E-state index contributed by atoms with van der Waals surface area (Å²) in [5, 5.41) is 10.5. The van der Waals surface area contributed by atoms with Crippen molar-refractivity contribution in [2.45, 2.75) is 57.3 Å². The third-order valence-electron chi connectivity index (χ3n) is 6.06. The molecule has 1 spiro atoms. The first-order valence-electron chi connectivity index (χ1n) is 9.96. The molecule has 0 aliphatic carbocycles. The molecule has 4 rings (SSSR count). The summed E-state index contributed by atoms with van der Waals surface area (Å²) in [4.78, 5) is 23.2. The van der Waals surface area contributed by atoms with Crippen molar-refractivity contribution >= 4 is 5.91 Å². The molecule has 0 unspecified atom stereocenters. The molecule has 2 aliphatic heterocycles. The summed E-state index contributed by atoms with van der Waals surface area (Å²) in [5.41, 5.74) is 2.77. The maximum Gasteiger partial charge on any atom is 0.257 e. The van der Waals surface area contributed by atoms with E-state index in [2.05, 4.69) is 22.1 Å². The second-order valence-electron chi connectivity index (χ2n) is 8.01. The van der Waals surface area contributed by atoms with Crippen molar-refractivity contribution < 1.29 is 14.6 Å². The zero-order chi connectivity index (χ0) is 19.7. The van der Waals surface area contributed by atoms with Crippen LogP contribution < -0.4 is 0 Å². The molecule has 3 heterocycles. The van der Waals surface area contributed by atoms with E-state index in [4.69, 9.17) is 4.74 Å². The summed E-state index contributed by atoms with van der Waals surface area (Å²) < 4.78 is 6.53. The lowest BCUT2D eigenvalue weighted by Crippen LogP contribution is -2.52. The smallest absolute Gasteiger partial charge is 0.257 e. The minimum atomic E-state index is -0.381. The molecular weight excluding hydrogens is 354 g/mol. The number of nitrogens with zero attached hydrogens (tertiary/aromatic N) is 3. The zero-order valence-corrected chi connectivity index (χ0v) is 16.5. The van der Waals surface area contributed by atoms with Crippen LogP contribution in [0.5, 0.6) is 0 Å². The molecule has 1 N–H and O–H groups in total. The second-order valence-corrected chi connectivity index (χ2v) is 8.01.